The van der Waals surface area contributed by atoms with Gasteiger partial charge in [0.25, 0.3) is 0 Å². The molecule has 164 valence electrons. The monoisotopic (exact) mass is 432 g/mol. The maximum absolute atomic E-state index is 13.3. The van der Waals surface area contributed by atoms with Gasteiger partial charge in [0, 0.05) is 17.7 Å². The van der Waals surface area contributed by atoms with Gasteiger partial charge in [0.05, 0.1) is 13.7 Å². The molecule has 3 aromatic rings. The van der Waals surface area contributed by atoms with Gasteiger partial charge in [-0.25, -0.2) is 0 Å². The van der Waals surface area contributed by atoms with Gasteiger partial charge in [0.1, 0.15) is 46.5 Å². The first-order valence-corrected chi connectivity index (χ1v) is 9.30. The number of phenols is 2. The van der Waals surface area contributed by atoms with Crippen LogP contribution in [0.2, 0.25) is 0 Å². The molecule has 2 heterocycles. The van der Waals surface area contributed by atoms with E-state index in [1.165, 1.54) is 43.5 Å². The molecule has 1 fully saturated rings. The number of methoxy groups -OCH3 is 1. The Bertz CT molecular complexity index is 1150. The van der Waals surface area contributed by atoms with E-state index in [0.29, 0.717) is 5.56 Å². The summed E-state index contributed by atoms with van der Waals surface area (Å²) < 4.78 is 21.8. The van der Waals surface area contributed by atoms with Gasteiger partial charge in [0.2, 0.25) is 17.5 Å². The van der Waals surface area contributed by atoms with Crippen LogP contribution in [-0.2, 0) is 4.74 Å². The number of phenolic OH excluding ortho intramolecular Hbond substituents is 2. The van der Waals surface area contributed by atoms with Crippen LogP contribution < -0.4 is 14.9 Å². The highest BCUT2D eigenvalue weighted by Gasteiger charge is 2.40. The summed E-state index contributed by atoms with van der Waals surface area (Å²) in [4.78, 5) is 13.3. The third-order valence-corrected chi connectivity index (χ3v) is 4.96. The standard InChI is InChI=1S/C21H20O10/c1-28-11-6-12(23)15-14(7-11)30-19(9-2-4-10(22)5-3-9)20(17(15)26)31-21-18(27)16(25)13(24)8-29-21/h2-7,13,16,18,21-25,27H,8H2,1H3/t13-,16-,18-,21+/m0/s1. The van der Waals surface area contributed by atoms with Crippen LogP contribution in [0.1, 0.15) is 0 Å². The highest BCUT2D eigenvalue weighted by atomic mass is 16.7. The summed E-state index contributed by atoms with van der Waals surface area (Å²) in [6.07, 6.45) is -6.03. The fourth-order valence-corrected chi connectivity index (χ4v) is 3.28. The Kier molecular flexibility index (Phi) is 5.46. The predicted molar refractivity (Wildman–Crippen MR) is 106 cm³/mol. The molecule has 31 heavy (non-hydrogen) atoms. The van der Waals surface area contributed by atoms with Crippen molar-refractivity contribution >= 4 is 11.0 Å². The maximum atomic E-state index is 13.3. The van der Waals surface area contributed by atoms with Gasteiger partial charge in [-0.15, -0.1) is 0 Å². The van der Waals surface area contributed by atoms with E-state index in [-0.39, 0.29) is 34.8 Å². The molecule has 5 N–H and O–H groups in total. The van der Waals surface area contributed by atoms with Crippen LogP contribution in [0.25, 0.3) is 22.3 Å². The molecule has 4 atom stereocenters. The van der Waals surface area contributed by atoms with E-state index in [0.717, 1.165) is 0 Å². The Morgan fingerprint density at radius 1 is 1.03 bits per heavy atom. The zero-order valence-electron chi connectivity index (χ0n) is 16.3. The van der Waals surface area contributed by atoms with Crippen molar-refractivity contribution in [3.8, 4) is 34.3 Å². The first-order valence-electron chi connectivity index (χ1n) is 9.30. The smallest absolute Gasteiger partial charge is 0.239 e. The van der Waals surface area contributed by atoms with Gasteiger partial charge < -0.3 is 44.2 Å². The summed E-state index contributed by atoms with van der Waals surface area (Å²) in [5.74, 6) is -0.642. The molecule has 0 aliphatic carbocycles. The van der Waals surface area contributed by atoms with Gasteiger partial charge in [-0.3, -0.25) is 4.79 Å². The Morgan fingerprint density at radius 2 is 1.74 bits per heavy atom. The fourth-order valence-electron chi connectivity index (χ4n) is 3.28. The lowest BCUT2D eigenvalue weighted by molar-refractivity contribution is -0.242. The minimum atomic E-state index is -1.66. The molecule has 1 saturated heterocycles. The van der Waals surface area contributed by atoms with E-state index >= 15 is 0 Å². The maximum Gasteiger partial charge on any atom is 0.239 e. The fraction of sp³-hybridized carbons (Fsp3) is 0.286. The number of aromatic hydroxyl groups is 2. The zero-order chi connectivity index (χ0) is 22.3. The van der Waals surface area contributed by atoms with E-state index in [2.05, 4.69) is 0 Å². The highest BCUT2D eigenvalue weighted by Crippen LogP contribution is 2.37. The van der Waals surface area contributed by atoms with Crippen LogP contribution in [0.5, 0.6) is 23.0 Å². The quantitative estimate of drug-likeness (QED) is 0.397. The first kappa shape index (κ1) is 20.9. The average Bonchev–Trinajstić information content (AvgIpc) is 2.75. The molecule has 0 radical (unpaired) electrons. The van der Waals surface area contributed by atoms with Crippen LogP contribution in [0.3, 0.4) is 0 Å². The second kappa shape index (κ2) is 8.08. The van der Waals surface area contributed by atoms with Gasteiger partial charge in [-0.2, -0.15) is 0 Å². The molecule has 0 spiro atoms. The summed E-state index contributed by atoms with van der Waals surface area (Å²) in [6, 6.07) is 8.34. The van der Waals surface area contributed by atoms with E-state index in [9.17, 15) is 30.3 Å². The second-order valence-corrected chi connectivity index (χ2v) is 7.02. The molecule has 0 unspecified atom stereocenters. The largest absolute Gasteiger partial charge is 0.508 e. The minimum Gasteiger partial charge on any atom is -0.508 e. The van der Waals surface area contributed by atoms with Crippen molar-refractivity contribution in [3.63, 3.8) is 0 Å². The zero-order valence-corrected chi connectivity index (χ0v) is 16.3. The van der Waals surface area contributed by atoms with Crippen molar-refractivity contribution in [1.82, 2.24) is 0 Å². The molecule has 10 heteroatoms. The van der Waals surface area contributed by atoms with E-state index in [1.807, 2.05) is 0 Å². The summed E-state index contributed by atoms with van der Waals surface area (Å²) in [6.45, 7) is -0.335. The summed E-state index contributed by atoms with van der Waals surface area (Å²) >= 11 is 0. The van der Waals surface area contributed by atoms with Crippen molar-refractivity contribution in [2.24, 2.45) is 0 Å². The first-order chi connectivity index (χ1) is 14.8. The van der Waals surface area contributed by atoms with Gasteiger partial charge in [0.15, 0.2) is 5.76 Å². The van der Waals surface area contributed by atoms with E-state index in [4.69, 9.17) is 18.6 Å². The lowest BCUT2D eigenvalue weighted by atomic mass is 10.1. The molecule has 1 aliphatic rings. The molecular formula is C21H20O10. The molecule has 0 saturated carbocycles. The van der Waals surface area contributed by atoms with Crippen molar-refractivity contribution in [2.75, 3.05) is 13.7 Å². The van der Waals surface area contributed by atoms with Crippen LogP contribution in [-0.4, -0.2) is 63.9 Å². The highest BCUT2D eigenvalue weighted by molar-refractivity contribution is 5.88. The normalized spacial score (nSPS) is 23.6. The summed E-state index contributed by atoms with van der Waals surface area (Å²) in [7, 11) is 1.39. The Labute approximate surface area is 175 Å². The molecule has 0 bridgehead atoms. The van der Waals surface area contributed by atoms with Crippen LogP contribution in [0.15, 0.2) is 45.6 Å². The SMILES string of the molecule is COc1cc(O)c2c(=O)c(O[C@H]3OC[C@H](O)[C@H](O)[C@@H]3O)c(-c3ccc(O)cc3)oc2c1. The van der Waals surface area contributed by atoms with E-state index < -0.39 is 41.5 Å². The van der Waals surface area contributed by atoms with Crippen LogP contribution in [0.4, 0.5) is 0 Å². The van der Waals surface area contributed by atoms with Crippen molar-refractivity contribution in [3.05, 3.63) is 46.6 Å². The molecule has 1 aliphatic heterocycles. The molecule has 10 nitrogen and oxygen atoms in total. The molecule has 0 amide bonds. The van der Waals surface area contributed by atoms with Gasteiger partial charge >= 0.3 is 0 Å². The van der Waals surface area contributed by atoms with Gasteiger partial charge in [-0.05, 0) is 24.3 Å². The Morgan fingerprint density at radius 3 is 2.42 bits per heavy atom. The summed E-state index contributed by atoms with van der Waals surface area (Å²) in [5.41, 5.74) is -0.404. The number of aliphatic hydroxyl groups is 3. The topological polar surface area (TPSA) is 159 Å². The summed E-state index contributed by atoms with van der Waals surface area (Å²) in [5, 5.41) is 49.5. The minimum absolute atomic E-state index is 0.0119. The number of fused-ring (bicyclic) bond motifs is 1. The third-order valence-electron chi connectivity index (χ3n) is 4.96. The lowest BCUT2D eigenvalue weighted by Gasteiger charge is -2.34. The number of aliphatic hydroxyl groups excluding tert-OH is 3. The number of hydrogen-bond acceptors (Lipinski definition) is 10. The van der Waals surface area contributed by atoms with Crippen molar-refractivity contribution in [2.45, 2.75) is 24.6 Å². The van der Waals surface area contributed by atoms with Gasteiger partial charge in [-0.1, -0.05) is 0 Å². The predicted octanol–water partition coefficient (Wildman–Crippen LogP) is 0.698. The van der Waals surface area contributed by atoms with Crippen LogP contribution >= 0.6 is 0 Å². The number of ether oxygens (including phenoxy) is 3. The Balaban J connectivity index is 1.90. The third kappa shape index (κ3) is 3.77. The lowest BCUT2D eigenvalue weighted by Crippen LogP contribution is -2.55. The number of rotatable bonds is 4. The molecule has 1 aromatic heterocycles. The Hall–Kier alpha value is -3.31. The van der Waals surface area contributed by atoms with E-state index in [1.54, 1.807) is 0 Å². The van der Waals surface area contributed by atoms with Crippen molar-refractivity contribution < 1.29 is 44.2 Å². The molecule has 4 rings (SSSR count). The molecular weight excluding hydrogens is 412 g/mol. The number of benzene rings is 2. The molecule has 2 aromatic carbocycles. The second-order valence-electron chi connectivity index (χ2n) is 7.02. The van der Waals surface area contributed by atoms with Crippen molar-refractivity contribution in [1.29, 1.82) is 0 Å². The van der Waals surface area contributed by atoms with Crippen LogP contribution in [0, 0.1) is 0 Å². The number of hydrogen-bond donors (Lipinski definition) is 5. The average molecular weight is 432 g/mol.